The van der Waals surface area contributed by atoms with Crippen molar-refractivity contribution in [1.82, 2.24) is 0 Å². The zero-order valence-corrected chi connectivity index (χ0v) is 13.2. The molecule has 3 heteroatoms. The Bertz CT molecular complexity index is 632. The number of aryl methyl sites for hydroxylation is 3. The van der Waals surface area contributed by atoms with Crippen LogP contribution in [0.3, 0.4) is 0 Å². The molecule has 0 radical (unpaired) electrons. The minimum atomic E-state index is -0.238. The zero-order valence-electron chi connectivity index (χ0n) is 13.2. The smallest absolute Gasteiger partial charge is 0.293 e. The van der Waals surface area contributed by atoms with Crippen molar-refractivity contribution >= 4 is 11.6 Å². The van der Waals surface area contributed by atoms with Gasteiger partial charge in [-0.05, 0) is 31.5 Å². The van der Waals surface area contributed by atoms with Crippen LogP contribution in [0.1, 0.15) is 36.7 Å². The van der Waals surface area contributed by atoms with Crippen LogP contribution in [0.4, 0.5) is 5.69 Å². The molecule has 0 bridgehead atoms. The molecule has 0 saturated carbocycles. The van der Waals surface area contributed by atoms with Gasteiger partial charge in [-0.25, -0.2) is 0 Å². The van der Waals surface area contributed by atoms with Gasteiger partial charge in [0.2, 0.25) is 6.04 Å². The van der Waals surface area contributed by atoms with Crippen molar-refractivity contribution < 1.29 is 9.36 Å². The largest absolute Gasteiger partial charge is 0.320 e. The molecule has 3 nitrogen and oxygen atoms in total. The minimum absolute atomic E-state index is 0.000191. The number of anilines is 1. The highest BCUT2D eigenvalue weighted by atomic mass is 16.2. The Kier molecular flexibility index (Phi) is 4.73. The molecule has 0 unspecified atom stereocenters. The number of benzene rings is 1. The van der Waals surface area contributed by atoms with Gasteiger partial charge in [0.25, 0.3) is 5.91 Å². The first-order chi connectivity index (χ1) is 10.0. The van der Waals surface area contributed by atoms with Gasteiger partial charge in [0.15, 0.2) is 11.9 Å². The topological polar surface area (TPSA) is 33.0 Å². The SMILES string of the molecule is CCc1ccc(C)[n+]([C@H](C)C(=O)Nc2ccc(C)cc2)c1. The monoisotopic (exact) mass is 283 g/mol. The number of pyridine rings is 1. The Balaban J connectivity index is 2.17. The van der Waals surface area contributed by atoms with E-state index in [0.29, 0.717) is 0 Å². The predicted molar refractivity (Wildman–Crippen MR) is 85.3 cm³/mol. The van der Waals surface area contributed by atoms with Crippen LogP contribution in [-0.2, 0) is 11.2 Å². The van der Waals surface area contributed by atoms with Gasteiger partial charge in [-0.15, -0.1) is 0 Å². The third-order valence-corrected chi connectivity index (χ3v) is 3.77. The molecule has 1 aromatic heterocycles. The molecule has 0 aliphatic carbocycles. The van der Waals surface area contributed by atoms with Crippen LogP contribution < -0.4 is 9.88 Å². The third kappa shape index (κ3) is 3.69. The number of nitrogens with one attached hydrogen (secondary N) is 1. The second-order valence-corrected chi connectivity index (χ2v) is 5.47. The van der Waals surface area contributed by atoms with Crippen molar-refractivity contribution in [2.75, 3.05) is 5.32 Å². The molecule has 0 spiro atoms. The van der Waals surface area contributed by atoms with Crippen LogP contribution in [0.2, 0.25) is 0 Å². The van der Waals surface area contributed by atoms with Crippen molar-refractivity contribution in [2.45, 2.75) is 40.2 Å². The van der Waals surface area contributed by atoms with Crippen molar-refractivity contribution in [3.8, 4) is 0 Å². The summed E-state index contributed by atoms with van der Waals surface area (Å²) in [6.07, 6.45) is 3.03. The summed E-state index contributed by atoms with van der Waals surface area (Å²) in [7, 11) is 0. The molecule has 1 heterocycles. The fraction of sp³-hybridized carbons (Fsp3) is 0.333. The summed E-state index contributed by atoms with van der Waals surface area (Å²) in [5.74, 6) is 0.000191. The van der Waals surface area contributed by atoms with Gasteiger partial charge < -0.3 is 5.32 Å². The van der Waals surface area contributed by atoms with Gasteiger partial charge in [0.05, 0.1) is 0 Å². The highest BCUT2D eigenvalue weighted by Gasteiger charge is 2.24. The van der Waals surface area contributed by atoms with Crippen LogP contribution in [-0.4, -0.2) is 5.91 Å². The van der Waals surface area contributed by atoms with Crippen molar-refractivity contribution in [1.29, 1.82) is 0 Å². The Hall–Kier alpha value is -2.16. The van der Waals surface area contributed by atoms with Crippen LogP contribution in [0.25, 0.3) is 0 Å². The van der Waals surface area contributed by atoms with Gasteiger partial charge in [-0.3, -0.25) is 4.79 Å². The molecule has 1 amide bonds. The molecule has 110 valence electrons. The maximum absolute atomic E-state index is 12.4. The van der Waals surface area contributed by atoms with E-state index in [2.05, 4.69) is 30.6 Å². The van der Waals surface area contributed by atoms with Gasteiger partial charge >= 0.3 is 0 Å². The predicted octanol–water partition coefficient (Wildman–Crippen LogP) is 3.35. The minimum Gasteiger partial charge on any atom is -0.320 e. The Morgan fingerprint density at radius 3 is 2.43 bits per heavy atom. The first kappa shape index (κ1) is 15.2. The molecule has 0 saturated heterocycles. The number of hydrogen-bond donors (Lipinski definition) is 1. The average molecular weight is 283 g/mol. The Labute approximate surface area is 126 Å². The molecule has 2 aromatic rings. The molecule has 0 aliphatic rings. The van der Waals surface area contributed by atoms with Crippen LogP contribution in [0.15, 0.2) is 42.6 Å². The van der Waals surface area contributed by atoms with E-state index in [1.807, 2.05) is 49.6 Å². The molecular formula is C18H23N2O+. The maximum atomic E-state index is 12.4. The van der Waals surface area contributed by atoms with Crippen LogP contribution in [0.5, 0.6) is 0 Å². The first-order valence-electron chi connectivity index (χ1n) is 7.39. The van der Waals surface area contributed by atoms with E-state index in [-0.39, 0.29) is 11.9 Å². The van der Waals surface area contributed by atoms with Gasteiger partial charge in [-0.2, -0.15) is 4.57 Å². The molecule has 2 rings (SSSR count). The van der Waals surface area contributed by atoms with E-state index < -0.39 is 0 Å². The average Bonchev–Trinajstić information content (AvgIpc) is 2.49. The van der Waals surface area contributed by atoms with E-state index >= 15 is 0 Å². The second-order valence-electron chi connectivity index (χ2n) is 5.47. The Morgan fingerprint density at radius 2 is 1.81 bits per heavy atom. The molecule has 0 fully saturated rings. The number of aromatic nitrogens is 1. The van der Waals surface area contributed by atoms with E-state index in [4.69, 9.17) is 0 Å². The zero-order chi connectivity index (χ0) is 15.4. The van der Waals surface area contributed by atoms with Crippen LogP contribution in [0, 0.1) is 13.8 Å². The van der Waals surface area contributed by atoms with E-state index in [1.165, 1.54) is 11.1 Å². The van der Waals surface area contributed by atoms with E-state index in [1.54, 1.807) is 0 Å². The number of rotatable bonds is 4. The number of hydrogen-bond acceptors (Lipinski definition) is 1. The molecule has 21 heavy (non-hydrogen) atoms. The molecule has 1 aromatic carbocycles. The summed E-state index contributed by atoms with van der Waals surface area (Å²) in [5, 5.41) is 2.97. The lowest BCUT2D eigenvalue weighted by atomic mass is 10.1. The fourth-order valence-electron chi connectivity index (χ4n) is 2.27. The highest BCUT2D eigenvalue weighted by molar-refractivity contribution is 5.92. The molecule has 1 atom stereocenters. The number of carbonyl (C=O) groups excluding carboxylic acids is 1. The van der Waals surface area contributed by atoms with Crippen LogP contribution >= 0.6 is 0 Å². The summed E-state index contributed by atoms with van der Waals surface area (Å²) in [4.78, 5) is 12.4. The first-order valence-corrected chi connectivity index (χ1v) is 7.39. The molecular weight excluding hydrogens is 260 g/mol. The lowest BCUT2D eigenvalue weighted by Crippen LogP contribution is -2.47. The number of carbonyl (C=O) groups is 1. The maximum Gasteiger partial charge on any atom is 0.293 e. The summed E-state index contributed by atoms with van der Waals surface area (Å²) in [6, 6.07) is 11.8. The van der Waals surface area contributed by atoms with Gasteiger partial charge in [-0.1, -0.05) is 24.6 Å². The van der Waals surface area contributed by atoms with Crippen molar-refractivity contribution in [3.05, 3.63) is 59.4 Å². The fourth-order valence-corrected chi connectivity index (χ4v) is 2.27. The standard InChI is InChI=1S/C18H22N2O/c1-5-16-9-8-14(3)20(12-16)15(4)18(21)19-17-10-6-13(2)7-11-17/h6-12,15H,5H2,1-4H3/p+1/t15-/m1/s1. The number of amides is 1. The highest BCUT2D eigenvalue weighted by Crippen LogP contribution is 2.11. The van der Waals surface area contributed by atoms with E-state index in [0.717, 1.165) is 17.8 Å². The van der Waals surface area contributed by atoms with Crippen molar-refractivity contribution in [2.24, 2.45) is 0 Å². The van der Waals surface area contributed by atoms with Crippen molar-refractivity contribution in [3.63, 3.8) is 0 Å². The molecule has 1 N–H and O–H groups in total. The lowest BCUT2D eigenvalue weighted by Gasteiger charge is -2.11. The second kappa shape index (κ2) is 6.53. The lowest BCUT2D eigenvalue weighted by molar-refractivity contribution is -0.711. The molecule has 0 aliphatic heterocycles. The Morgan fingerprint density at radius 1 is 1.14 bits per heavy atom. The summed E-state index contributed by atoms with van der Waals surface area (Å²) < 4.78 is 2.03. The van der Waals surface area contributed by atoms with Gasteiger partial charge in [0.1, 0.15) is 0 Å². The summed E-state index contributed by atoms with van der Waals surface area (Å²) in [6.45, 7) is 8.10. The normalized spacial score (nSPS) is 12.0. The summed E-state index contributed by atoms with van der Waals surface area (Å²) in [5.41, 5.74) is 4.33. The summed E-state index contributed by atoms with van der Waals surface area (Å²) >= 11 is 0. The van der Waals surface area contributed by atoms with E-state index in [9.17, 15) is 4.79 Å². The quantitative estimate of drug-likeness (QED) is 0.858. The number of nitrogens with zero attached hydrogens (tertiary/aromatic N) is 1. The van der Waals surface area contributed by atoms with Gasteiger partial charge in [0, 0.05) is 31.2 Å². The third-order valence-electron chi connectivity index (χ3n) is 3.77.